The molecule has 0 bridgehead atoms. The fourth-order valence-corrected chi connectivity index (χ4v) is 3.34. The van der Waals surface area contributed by atoms with Gasteiger partial charge in [-0.1, -0.05) is 18.2 Å². The molecule has 7 N–H and O–H groups in total. The summed E-state index contributed by atoms with van der Waals surface area (Å²) in [5.41, 5.74) is 2.09. The molecule has 3 amide bonds. The first kappa shape index (κ1) is 26.8. The molecule has 0 saturated carbocycles. The highest BCUT2D eigenvalue weighted by Gasteiger charge is 2.29. The lowest BCUT2D eigenvalue weighted by Gasteiger charge is -2.17. The van der Waals surface area contributed by atoms with Crippen LogP contribution in [0.1, 0.15) is 18.5 Å². The van der Waals surface area contributed by atoms with Gasteiger partial charge in [0.25, 0.3) is 11.8 Å². The predicted molar refractivity (Wildman–Crippen MR) is 123 cm³/mol. The van der Waals surface area contributed by atoms with Crippen LogP contribution in [-0.4, -0.2) is 82.5 Å². The number of nitrogens with zero attached hydrogens (tertiary/aromatic N) is 1. The number of hydrogen-bond donors (Lipinski definition) is 7. The van der Waals surface area contributed by atoms with Crippen molar-refractivity contribution in [2.75, 3.05) is 26.7 Å². The fourth-order valence-electron chi connectivity index (χ4n) is 3.34. The molecule has 1 aromatic carbocycles. The minimum atomic E-state index is -2.05. The number of aliphatic hydroxyl groups is 2. The third-order valence-electron chi connectivity index (χ3n) is 5.04. The van der Waals surface area contributed by atoms with Gasteiger partial charge in [0, 0.05) is 50.4 Å². The van der Waals surface area contributed by atoms with Crippen molar-refractivity contribution in [3.8, 4) is 0 Å². The van der Waals surface area contributed by atoms with Crippen molar-refractivity contribution in [2.45, 2.75) is 38.1 Å². The van der Waals surface area contributed by atoms with Gasteiger partial charge in [0.2, 0.25) is 5.91 Å². The number of carboxylic acid groups (broad SMARTS) is 1. The Hall–Kier alpha value is -3.48. The number of aliphatic hydroxyl groups excluding tert-OH is 2. The number of hydrogen-bond acceptors (Lipinski definition) is 7. The van der Waals surface area contributed by atoms with Crippen LogP contribution in [0.3, 0.4) is 0 Å². The van der Waals surface area contributed by atoms with Crippen LogP contribution >= 0.6 is 0 Å². The van der Waals surface area contributed by atoms with Crippen molar-refractivity contribution >= 4 is 34.6 Å². The highest BCUT2D eigenvalue weighted by atomic mass is 16.4. The van der Waals surface area contributed by atoms with Crippen LogP contribution in [-0.2, 0) is 32.3 Å². The van der Waals surface area contributed by atoms with Crippen molar-refractivity contribution in [3.05, 3.63) is 36.0 Å². The molecular weight excluding hydrogens is 446 g/mol. The van der Waals surface area contributed by atoms with E-state index < -0.39 is 30.0 Å². The second kappa shape index (κ2) is 13.3. The lowest BCUT2D eigenvalue weighted by atomic mass is 10.1. The van der Waals surface area contributed by atoms with Gasteiger partial charge in [0.1, 0.15) is 0 Å². The maximum Gasteiger partial charge on any atom is 0.305 e. The topological polar surface area (TPSA) is 182 Å². The second-order valence-corrected chi connectivity index (χ2v) is 7.59. The molecule has 2 atom stereocenters. The molecule has 0 radical (unpaired) electrons. The van der Waals surface area contributed by atoms with Gasteiger partial charge in [0.15, 0.2) is 12.2 Å². The summed E-state index contributed by atoms with van der Waals surface area (Å²) in [5.74, 6) is -3.42. The summed E-state index contributed by atoms with van der Waals surface area (Å²) in [6.07, 6.45) is -4.22. The first-order chi connectivity index (χ1) is 16.2. The molecular formula is C22H31N5O7. The smallest absolute Gasteiger partial charge is 0.305 e. The lowest BCUT2D eigenvalue weighted by molar-refractivity contribution is -0.146. The molecule has 12 nitrogen and oxygen atoms in total. The summed E-state index contributed by atoms with van der Waals surface area (Å²) >= 11 is 0. The van der Waals surface area contributed by atoms with E-state index in [1.165, 1.54) is 0 Å². The average molecular weight is 478 g/mol. The average Bonchev–Trinajstić information content (AvgIpc) is 3.16. The zero-order valence-electron chi connectivity index (χ0n) is 18.9. The molecule has 2 rings (SSSR count). The largest absolute Gasteiger partial charge is 0.481 e. The van der Waals surface area contributed by atoms with Gasteiger partial charge in [-0.15, -0.1) is 0 Å². The SMILES string of the molecule is CNCc1cc2ccccc2n1CCC(=O)NCCNC(=O)C(O)C(O)C(=O)NCCC(=O)O. The monoisotopic (exact) mass is 477 g/mol. The number of carboxylic acids is 1. The third kappa shape index (κ3) is 7.83. The number of aryl methyl sites for hydroxylation is 1. The lowest BCUT2D eigenvalue weighted by Crippen LogP contribution is -2.50. The Bertz CT molecular complexity index is 1010. The van der Waals surface area contributed by atoms with Crippen molar-refractivity contribution in [1.82, 2.24) is 25.8 Å². The van der Waals surface area contributed by atoms with Gasteiger partial charge in [-0.05, 0) is 24.6 Å². The van der Waals surface area contributed by atoms with E-state index in [9.17, 15) is 29.4 Å². The Morgan fingerprint density at radius 2 is 1.53 bits per heavy atom. The molecule has 1 heterocycles. The molecule has 34 heavy (non-hydrogen) atoms. The minimum absolute atomic E-state index is 0.0214. The molecule has 0 saturated heterocycles. The van der Waals surface area contributed by atoms with E-state index in [1.807, 2.05) is 31.3 Å². The summed E-state index contributed by atoms with van der Waals surface area (Å²) < 4.78 is 2.08. The molecule has 0 fully saturated rings. The predicted octanol–water partition coefficient (Wildman–Crippen LogP) is -1.70. The maximum absolute atomic E-state index is 12.2. The number of carbonyl (C=O) groups excluding carboxylic acids is 3. The van der Waals surface area contributed by atoms with E-state index in [2.05, 4.69) is 31.9 Å². The molecule has 186 valence electrons. The molecule has 1 aromatic heterocycles. The zero-order chi connectivity index (χ0) is 25.1. The first-order valence-electron chi connectivity index (χ1n) is 10.9. The van der Waals surface area contributed by atoms with Gasteiger partial charge in [-0.2, -0.15) is 0 Å². The van der Waals surface area contributed by atoms with Gasteiger partial charge < -0.3 is 41.2 Å². The van der Waals surface area contributed by atoms with E-state index in [0.717, 1.165) is 16.6 Å². The Morgan fingerprint density at radius 1 is 0.912 bits per heavy atom. The number of aliphatic carboxylic acids is 1. The van der Waals surface area contributed by atoms with Crippen LogP contribution in [0.2, 0.25) is 0 Å². The molecule has 2 unspecified atom stereocenters. The Morgan fingerprint density at radius 3 is 2.18 bits per heavy atom. The third-order valence-corrected chi connectivity index (χ3v) is 5.04. The highest BCUT2D eigenvalue weighted by Crippen LogP contribution is 2.20. The number of nitrogens with one attached hydrogen (secondary N) is 4. The van der Waals surface area contributed by atoms with E-state index >= 15 is 0 Å². The first-order valence-corrected chi connectivity index (χ1v) is 10.9. The summed E-state index contributed by atoms with van der Waals surface area (Å²) in [5, 5.41) is 39.3. The quantitative estimate of drug-likeness (QED) is 0.157. The van der Waals surface area contributed by atoms with Crippen LogP contribution in [0, 0.1) is 0 Å². The highest BCUT2D eigenvalue weighted by molar-refractivity contribution is 5.90. The van der Waals surface area contributed by atoms with Crippen LogP contribution in [0.25, 0.3) is 10.9 Å². The Kier molecular flexibility index (Phi) is 10.5. The molecule has 12 heteroatoms. The summed E-state index contributed by atoms with van der Waals surface area (Å²) in [7, 11) is 1.85. The van der Waals surface area contributed by atoms with Crippen LogP contribution < -0.4 is 21.3 Å². The van der Waals surface area contributed by atoms with Gasteiger partial charge in [-0.3, -0.25) is 19.2 Å². The van der Waals surface area contributed by atoms with E-state index in [0.29, 0.717) is 13.1 Å². The number of aromatic nitrogens is 1. The number of carbonyl (C=O) groups is 4. The van der Waals surface area contributed by atoms with Crippen LogP contribution in [0.5, 0.6) is 0 Å². The van der Waals surface area contributed by atoms with E-state index in [4.69, 9.17) is 5.11 Å². The number of fused-ring (bicyclic) bond motifs is 1. The van der Waals surface area contributed by atoms with Gasteiger partial charge in [0.05, 0.1) is 6.42 Å². The fraction of sp³-hybridized carbons (Fsp3) is 0.455. The van der Waals surface area contributed by atoms with Gasteiger partial charge >= 0.3 is 5.97 Å². The van der Waals surface area contributed by atoms with Crippen molar-refractivity contribution < 1.29 is 34.5 Å². The van der Waals surface area contributed by atoms with Crippen LogP contribution in [0.4, 0.5) is 0 Å². The van der Waals surface area contributed by atoms with Gasteiger partial charge in [-0.25, -0.2) is 0 Å². The van der Waals surface area contributed by atoms with Crippen LogP contribution in [0.15, 0.2) is 30.3 Å². The van der Waals surface area contributed by atoms with E-state index in [1.54, 1.807) is 0 Å². The number of para-hydroxylation sites is 1. The minimum Gasteiger partial charge on any atom is -0.481 e. The number of amides is 3. The Balaban J connectivity index is 1.73. The van der Waals surface area contributed by atoms with Crippen molar-refractivity contribution in [1.29, 1.82) is 0 Å². The van der Waals surface area contributed by atoms with E-state index in [-0.39, 0.29) is 38.4 Å². The standard InChI is InChI=1S/C22H31N5O7/c1-23-13-15-12-14-4-2-3-5-16(14)27(15)11-7-17(28)24-9-10-26-22(34)20(32)19(31)21(33)25-8-6-18(29)30/h2-5,12,19-20,23,31-32H,6-11,13H2,1H3,(H,24,28)(H,25,33)(H,26,34)(H,29,30). The molecule has 0 aliphatic rings. The molecule has 0 aliphatic carbocycles. The molecule has 0 spiro atoms. The summed E-state index contributed by atoms with van der Waals surface area (Å²) in [6.45, 7) is 0.958. The summed E-state index contributed by atoms with van der Waals surface area (Å²) in [6, 6.07) is 9.98. The second-order valence-electron chi connectivity index (χ2n) is 7.59. The number of rotatable bonds is 14. The molecule has 0 aliphatic heterocycles. The number of benzene rings is 1. The Labute approximate surface area is 196 Å². The molecule has 2 aromatic rings. The normalized spacial score (nSPS) is 12.7. The van der Waals surface area contributed by atoms with Crippen molar-refractivity contribution in [3.63, 3.8) is 0 Å². The zero-order valence-corrected chi connectivity index (χ0v) is 18.9. The van der Waals surface area contributed by atoms with Crippen molar-refractivity contribution in [2.24, 2.45) is 0 Å². The maximum atomic E-state index is 12.2. The summed E-state index contributed by atoms with van der Waals surface area (Å²) in [4.78, 5) is 46.2.